The summed E-state index contributed by atoms with van der Waals surface area (Å²) in [6.45, 7) is 6.59. The van der Waals surface area contributed by atoms with Crippen LogP contribution in [0.25, 0.3) is 0 Å². The molecule has 0 aliphatic rings. The predicted octanol–water partition coefficient (Wildman–Crippen LogP) is 1.18. The van der Waals surface area contributed by atoms with Gasteiger partial charge in [0.1, 0.15) is 0 Å². The second-order valence-electron chi connectivity index (χ2n) is 3.20. The summed E-state index contributed by atoms with van der Waals surface area (Å²) in [7, 11) is 1.67. The van der Waals surface area contributed by atoms with E-state index in [1.807, 2.05) is 20.8 Å². The maximum atomic E-state index is 5.58. The normalized spacial score (nSPS) is 13.6. The molecule has 0 radical (unpaired) electrons. The van der Waals surface area contributed by atoms with Crippen molar-refractivity contribution in [2.24, 2.45) is 10.7 Å². The molecular weight excluding hydrogens is 140 g/mol. The fraction of sp³-hybridized carbons (Fsp3) is 0.875. The summed E-state index contributed by atoms with van der Waals surface area (Å²) in [5.74, 6) is 0.687. The van der Waals surface area contributed by atoms with Gasteiger partial charge in [-0.05, 0) is 13.8 Å². The first-order valence-electron chi connectivity index (χ1n) is 3.85. The molecule has 0 rings (SSSR count). The lowest BCUT2D eigenvalue weighted by Gasteiger charge is -2.18. The second-order valence-corrected chi connectivity index (χ2v) is 3.20. The standard InChI is InChI=1S/C8H18N2O/c1-5-7(9)10-8(2,3)6-11-4/h5-6H2,1-4H3,(H2,9,10). The first kappa shape index (κ1) is 10.4. The lowest BCUT2D eigenvalue weighted by Crippen LogP contribution is -2.27. The molecule has 0 aromatic heterocycles. The third kappa shape index (κ3) is 4.79. The van der Waals surface area contributed by atoms with Crippen LogP contribution in [0.4, 0.5) is 0 Å². The van der Waals surface area contributed by atoms with Crippen LogP contribution in [-0.4, -0.2) is 25.1 Å². The molecule has 3 heteroatoms. The van der Waals surface area contributed by atoms with E-state index in [0.29, 0.717) is 12.4 Å². The molecule has 0 spiro atoms. The summed E-state index contributed by atoms with van der Waals surface area (Å²) < 4.78 is 4.99. The van der Waals surface area contributed by atoms with Crippen molar-refractivity contribution in [2.75, 3.05) is 13.7 Å². The van der Waals surface area contributed by atoms with Gasteiger partial charge in [0, 0.05) is 13.5 Å². The minimum atomic E-state index is -0.186. The zero-order valence-corrected chi connectivity index (χ0v) is 7.85. The molecule has 0 atom stereocenters. The summed E-state index contributed by atoms with van der Waals surface area (Å²) in [4.78, 5) is 4.29. The van der Waals surface area contributed by atoms with E-state index in [1.54, 1.807) is 7.11 Å². The van der Waals surface area contributed by atoms with Gasteiger partial charge >= 0.3 is 0 Å². The van der Waals surface area contributed by atoms with Gasteiger partial charge in [0.15, 0.2) is 0 Å². The quantitative estimate of drug-likeness (QED) is 0.493. The molecule has 0 unspecified atom stereocenters. The Morgan fingerprint density at radius 3 is 2.45 bits per heavy atom. The Morgan fingerprint density at radius 1 is 1.55 bits per heavy atom. The van der Waals surface area contributed by atoms with Gasteiger partial charge in [-0.1, -0.05) is 6.92 Å². The number of amidine groups is 1. The number of ether oxygens (including phenoxy) is 1. The Labute approximate surface area is 68.6 Å². The Bertz CT molecular complexity index is 141. The van der Waals surface area contributed by atoms with Crippen LogP contribution in [0.2, 0.25) is 0 Å². The third-order valence-corrected chi connectivity index (χ3v) is 1.31. The molecule has 0 saturated heterocycles. The largest absolute Gasteiger partial charge is 0.387 e. The molecule has 0 heterocycles. The molecule has 0 amide bonds. The van der Waals surface area contributed by atoms with Gasteiger partial charge in [0.25, 0.3) is 0 Å². The van der Waals surface area contributed by atoms with Crippen molar-refractivity contribution in [3.05, 3.63) is 0 Å². The molecule has 66 valence electrons. The van der Waals surface area contributed by atoms with Crippen molar-refractivity contribution in [1.29, 1.82) is 0 Å². The molecule has 0 saturated carbocycles. The number of hydrogen-bond donors (Lipinski definition) is 1. The lowest BCUT2D eigenvalue weighted by molar-refractivity contribution is 0.150. The third-order valence-electron chi connectivity index (χ3n) is 1.31. The van der Waals surface area contributed by atoms with Gasteiger partial charge in [-0.25, -0.2) is 0 Å². The van der Waals surface area contributed by atoms with Crippen LogP contribution in [0.3, 0.4) is 0 Å². The molecule has 11 heavy (non-hydrogen) atoms. The van der Waals surface area contributed by atoms with Crippen molar-refractivity contribution in [3.63, 3.8) is 0 Å². The van der Waals surface area contributed by atoms with Gasteiger partial charge in [-0.3, -0.25) is 4.99 Å². The molecule has 0 aliphatic heterocycles. The Morgan fingerprint density at radius 2 is 2.09 bits per heavy atom. The first-order chi connectivity index (χ1) is 5.02. The minimum absolute atomic E-state index is 0.186. The van der Waals surface area contributed by atoms with Gasteiger partial charge in [0.05, 0.1) is 18.0 Å². The number of methoxy groups -OCH3 is 1. The predicted molar refractivity (Wildman–Crippen MR) is 47.9 cm³/mol. The first-order valence-corrected chi connectivity index (χ1v) is 3.85. The van der Waals surface area contributed by atoms with Crippen LogP contribution < -0.4 is 5.73 Å². The SMILES string of the molecule is CCC(N)=NC(C)(C)COC. The molecule has 3 nitrogen and oxygen atoms in total. The molecule has 0 aromatic carbocycles. The molecule has 0 bridgehead atoms. The molecule has 0 aromatic rings. The number of nitrogens with zero attached hydrogens (tertiary/aromatic N) is 1. The van der Waals surface area contributed by atoms with Gasteiger partial charge < -0.3 is 10.5 Å². The van der Waals surface area contributed by atoms with E-state index in [2.05, 4.69) is 4.99 Å². The Hall–Kier alpha value is -0.570. The van der Waals surface area contributed by atoms with E-state index in [9.17, 15) is 0 Å². The van der Waals surface area contributed by atoms with Crippen molar-refractivity contribution < 1.29 is 4.74 Å². The van der Waals surface area contributed by atoms with Crippen LogP contribution in [0.1, 0.15) is 27.2 Å². The molecule has 2 N–H and O–H groups in total. The maximum absolute atomic E-state index is 5.58. The minimum Gasteiger partial charge on any atom is -0.387 e. The van der Waals surface area contributed by atoms with Crippen LogP contribution in [0.15, 0.2) is 4.99 Å². The molecular formula is C8H18N2O. The van der Waals surface area contributed by atoms with E-state index in [4.69, 9.17) is 10.5 Å². The van der Waals surface area contributed by atoms with Gasteiger partial charge in [-0.15, -0.1) is 0 Å². The summed E-state index contributed by atoms with van der Waals surface area (Å²) in [5.41, 5.74) is 5.40. The number of rotatable bonds is 4. The topological polar surface area (TPSA) is 47.6 Å². The van der Waals surface area contributed by atoms with Crippen molar-refractivity contribution in [1.82, 2.24) is 0 Å². The number of hydrogen-bond acceptors (Lipinski definition) is 2. The van der Waals surface area contributed by atoms with Crippen LogP contribution in [0, 0.1) is 0 Å². The Balaban J connectivity index is 4.08. The van der Waals surface area contributed by atoms with Crippen LogP contribution in [0.5, 0.6) is 0 Å². The highest BCUT2D eigenvalue weighted by Gasteiger charge is 2.15. The smallest absolute Gasteiger partial charge is 0.0941 e. The summed E-state index contributed by atoms with van der Waals surface area (Å²) in [6, 6.07) is 0. The fourth-order valence-corrected chi connectivity index (χ4v) is 0.853. The zero-order valence-electron chi connectivity index (χ0n) is 7.85. The van der Waals surface area contributed by atoms with Crippen LogP contribution in [-0.2, 0) is 4.74 Å². The van der Waals surface area contributed by atoms with E-state index in [1.165, 1.54) is 0 Å². The van der Waals surface area contributed by atoms with Gasteiger partial charge in [-0.2, -0.15) is 0 Å². The maximum Gasteiger partial charge on any atom is 0.0941 e. The zero-order chi connectivity index (χ0) is 8.91. The highest BCUT2D eigenvalue weighted by Crippen LogP contribution is 2.08. The summed E-state index contributed by atoms with van der Waals surface area (Å²) >= 11 is 0. The second kappa shape index (κ2) is 4.34. The van der Waals surface area contributed by atoms with Crippen molar-refractivity contribution >= 4 is 5.84 Å². The van der Waals surface area contributed by atoms with Crippen molar-refractivity contribution in [2.45, 2.75) is 32.7 Å². The lowest BCUT2D eigenvalue weighted by atomic mass is 10.1. The Kier molecular flexibility index (Phi) is 4.11. The fourth-order valence-electron chi connectivity index (χ4n) is 0.853. The average Bonchev–Trinajstić information content (AvgIpc) is 1.86. The average molecular weight is 158 g/mol. The monoisotopic (exact) mass is 158 g/mol. The number of nitrogens with two attached hydrogens (primary N) is 1. The van der Waals surface area contributed by atoms with Crippen molar-refractivity contribution in [3.8, 4) is 0 Å². The highest BCUT2D eigenvalue weighted by atomic mass is 16.5. The van der Waals surface area contributed by atoms with E-state index in [-0.39, 0.29) is 5.54 Å². The summed E-state index contributed by atoms with van der Waals surface area (Å²) in [5, 5.41) is 0. The highest BCUT2D eigenvalue weighted by molar-refractivity contribution is 5.80. The van der Waals surface area contributed by atoms with Gasteiger partial charge in [0.2, 0.25) is 0 Å². The molecule has 0 fully saturated rings. The summed E-state index contributed by atoms with van der Waals surface area (Å²) in [6.07, 6.45) is 0.799. The van der Waals surface area contributed by atoms with E-state index < -0.39 is 0 Å². The molecule has 0 aliphatic carbocycles. The van der Waals surface area contributed by atoms with Crippen LogP contribution >= 0.6 is 0 Å². The van der Waals surface area contributed by atoms with E-state index in [0.717, 1.165) is 6.42 Å². The number of aliphatic imine (C=N–C) groups is 1. The van der Waals surface area contributed by atoms with E-state index >= 15 is 0 Å².